The normalized spacial score (nSPS) is 14.1. The third-order valence-electron chi connectivity index (χ3n) is 7.82. The molecule has 1 aromatic heterocycles. The zero-order chi connectivity index (χ0) is 28.2. The first-order valence-electron chi connectivity index (χ1n) is 13.7. The van der Waals surface area contributed by atoms with Gasteiger partial charge in [-0.3, -0.25) is 14.3 Å². The summed E-state index contributed by atoms with van der Waals surface area (Å²) in [4.78, 5) is 27.8. The molecule has 3 aromatic carbocycles. The second kappa shape index (κ2) is 12.0. The third-order valence-corrected chi connectivity index (χ3v) is 7.82. The number of aromatic nitrogens is 2. The van der Waals surface area contributed by atoms with Crippen LogP contribution < -0.4 is 5.32 Å². The van der Waals surface area contributed by atoms with Crippen molar-refractivity contribution in [3.63, 3.8) is 0 Å². The molecule has 1 aliphatic heterocycles. The molecule has 0 spiro atoms. The van der Waals surface area contributed by atoms with Crippen molar-refractivity contribution in [2.75, 3.05) is 33.4 Å². The van der Waals surface area contributed by atoms with Gasteiger partial charge in [-0.1, -0.05) is 18.2 Å². The van der Waals surface area contributed by atoms with Gasteiger partial charge in [0.2, 0.25) is 0 Å². The van der Waals surface area contributed by atoms with Gasteiger partial charge >= 0.3 is 0 Å². The Bertz CT molecular complexity index is 1520. The van der Waals surface area contributed by atoms with E-state index >= 15 is 0 Å². The van der Waals surface area contributed by atoms with Crippen LogP contribution in [0.5, 0.6) is 0 Å². The van der Waals surface area contributed by atoms with E-state index in [4.69, 9.17) is 9.84 Å². The Morgan fingerprint density at radius 1 is 1.05 bits per heavy atom. The molecule has 5 rings (SSSR count). The first-order chi connectivity index (χ1) is 19.3. The molecule has 1 aliphatic rings. The smallest absolute Gasteiger partial charge is 0.253 e. The number of fused-ring (bicyclic) bond motifs is 1. The van der Waals surface area contributed by atoms with Gasteiger partial charge in [0, 0.05) is 56.0 Å². The molecule has 1 fully saturated rings. The van der Waals surface area contributed by atoms with Gasteiger partial charge in [-0.15, -0.1) is 0 Å². The first kappa shape index (κ1) is 27.5. The maximum Gasteiger partial charge on any atom is 0.253 e. The Morgan fingerprint density at radius 3 is 2.50 bits per heavy atom. The molecule has 0 saturated carbocycles. The number of aryl methyl sites for hydroxylation is 2. The lowest BCUT2D eigenvalue weighted by Gasteiger charge is -2.32. The Morgan fingerprint density at radius 2 is 1.80 bits per heavy atom. The van der Waals surface area contributed by atoms with Crippen molar-refractivity contribution < 1.29 is 18.7 Å². The number of hydrogen-bond donors (Lipinski definition) is 1. The summed E-state index contributed by atoms with van der Waals surface area (Å²) in [6.45, 7) is 7.05. The van der Waals surface area contributed by atoms with Crippen molar-refractivity contribution in [2.24, 2.45) is 5.92 Å². The van der Waals surface area contributed by atoms with Crippen molar-refractivity contribution in [1.29, 1.82) is 0 Å². The Hall–Kier alpha value is -4.04. The zero-order valence-electron chi connectivity index (χ0n) is 23.2. The van der Waals surface area contributed by atoms with Gasteiger partial charge in [-0.25, -0.2) is 4.39 Å². The van der Waals surface area contributed by atoms with E-state index in [0.717, 1.165) is 52.5 Å². The van der Waals surface area contributed by atoms with E-state index in [-0.39, 0.29) is 17.6 Å². The summed E-state index contributed by atoms with van der Waals surface area (Å²) in [5.41, 5.74) is 6.04. The van der Waals surface area contributed by atoms with Crippen LogP contribution in [0.1, 0.15) is 44.7 Å². The fraction of sp³-hybridized carbons (Fsp3) is 0.344. The molecule has 1 N–H and O–H groups in total. The number of ether oxygens (including phenoxy) is 1. The van der Waals surface area contributed by atoms with Gasteiger partial charge in [0.15, 0.2) is 0 Å². The molecule has 0 atom stereocenters. The number of carbonyl (C=O) groups excluding carboxylic acids is 2. The van der Waals surface area contributed by atoms with Crippen molar-refractivity contribution >= 4 is 22.7 Å². The molecule has 4 aromatic rings. The molecule has 1 saturated heterocycles. The second-order valence-electron chi connectivity index (χ2n) is 10.5. The predicted molar refractivity (Wildman–Crippen MR) is 154 cm³/mol. The van der Waals surface area contributed by atoms with Gasteiger partial charge in [0.1, 0.15) is 5.82 Å². The van der Waals surface area contributed by atoms with Crippen LogP contribution in [0.2, 0.25) is 0 Å². The number of hydrogen-bond acceptors (Lipinski definition) is 4. The molecular formula is C32H35FN4O3. The molecule has 0 aliphatic carbocycles. The topological polar surface area (TPSA) is 76.5 Å². The highest BCUT2D eigenvalue weighted by Gasteiger charge is 2.25. The largest absolute Gasteiger partial charge is 0.383 e. The number of benzene rings is 3. The molecule has 208 valence electrons. The fourth-order valence-electron chi connectivity index (χ4n) is 5.50. The molecule has 7 nitrogen and oxygen atoms in total. The van der Waals surface area contributed by atoms with Crippen LogP contribution in [-0.2, 0) is 11.3 Å². The van der Waals surface area contributed by atoms with Crippen molar-refractivity contribution in [2.45, 2.75) is 33.2 Å². The van der Waals surface area contributed by atoms with E-state index in [2.05, 4.69) is 5.32 Å². The minimum atomic E-state index is -0.264. The monoisotopic (exact) mass is 542 g/mol. The molecule has 2 heterocycles. The van der Waals surface area contributed by atoms with E-state index in [9.17, 15) is 14.0 Å². The average molecular weight is 543 g/mol. The number of nitrogens with one attached hydrogen (secondary N) is 1. The molecule has 0 unspecified atom stereocenters. The van der Waals surface area contributed by atoms with E-state index in [1.807, 2.05) is 60.0 Å². The maximum absolute atomic E-state index is 13.3. The highest BCUT2D eigenvalue weighted by atomic mass is 19.1. The number of halogens is 1. The predicted octanol–water partition coefficient (Wildman–Crippen LogP) is 5.39. The second-order valence-corrected chi connectivity index (χ2v) is 10.5. The molecule has 0 bridgehead atoms. The quantitative estimate of drug-likeness (QED) is 0.303. The maximum atomic E-state index is 13.3. The van der Waals surface area contributed by atoms with Crippen LogP contribution in [0.4, 0.5) is 4.39 Å². The highest BCUT2D eigenvalue weighted by molar-refractivity contribution is 6.00. The summed E-state index contributed by atoms with van der Waals surface area (Å²) in [5.74, 6) is 0.0868. The minimum absolute atomic E-state index is 0.0453. The van der Waals surface area contributed by atoms with Gasteiger partial charge < -0.3 is 15.0 Å². The number of methoxy groups -OCH3 is 1. The average Bonchev–Trinajstić information content (AvgIpc) is 3.37. The Balaban J connectivity index is 1.19. The van der Waals surface area contributed by atoms with Crippen LogP contribution in [0, 0.1) is 25.6 Å². The number of likely N-dealkylation sites (tertiary alicyclic amines) is 1. The van der Waals surface area contributed by atoms with E-state index < -0.39 is 0 Å². The lowest BCUT2D eigenvalue weighted by atomic mass is 9.95. The molecule has 0 radical (unpaired) electrons. The Kier molecular flexibility index (Phi) is 8.26. The lowest BCUT2D eigenvalue weighted by Crippen LogP contribution is -2.39. The van der Waals surface area contributed by atoms with Crippen molar-refractivity contribution in [3.05, 3.63) is 88.9 Å². The van der Waals surface area contributed by atoms with Gasteiger partial charge in [-0.05, 0) is 91.3 Å². The zero-order valence-corrected chi connectivity index (χ0v) is 23.2. The molecular weight excluding hydrogens is 507 g/mol. The van der Waals surface area contributed by atoms with Crippen molar-refractivity contribution in [1.82, 2.24) is 20.0 Å². The number of nitrogens with zero attached hydrogens (tertiary/aromatic N) is 3. The number of rotatable bonds is 8. The minimum Gasteiger partial charge on any atom is -0.383 e. The van der Waals surface area contributed by atoms with Gasteiger partial charge in [0.25, 0.3) is 11.8 Å². The summed E-state index contributed by atoms with van der Waals surface area (Å²) in [7, 11) is 1.61. The van der Waals surface area contributed by atoms with E-state index in [1.165, 1.54) is 12.1 Å². The van der Waals surface area contributed by atoms with E-state index in [1.54, 1.807) is 19.2 Å². The summed E-state index contributed by atoms with van der Waals surface area (Å²) in [6.07, 6.45) is 3.83. The van der Waals surface area contributed by atoms with Crippen LogP contribution in [0.15, 0.2) is 60.8 Å². The standard InChI is InChI=1S/C32H35FN4O3/c1-21-18-25(6-9-27(21)24-4-7-26(33)8-5-24)32(39)36-15-12-23(13-16-36)19-37-20-29-22(2)28(10-11-30(29)35-37)31(38)34-14-17-40-3/h4-11,18,20,23H,12-17,19H2,1-3H3,(H,34,38). The highest BCUT2D eigenvalue weighted by Crippen LogP contribution is 2.27. The van der Waals surface area contributed by atoms with Crippen LogP contribution >= 0.6 is 0 Å². The van der Waals surface area contributed by atoms with Gasteiger partial charge in [0.05, 0.1) is 12.1 Å². The van der Waals surface area contributed by atoms with Crippen molar-refractivity contribution in [3.8, 4) is 11.1 Å². The van der Waals surface area contributed by atoms with Crippen LogP contribution in [-0.4, -0.2) is 59.8 Å². The molecule has 8 heteroatoms. The summed E-state index contributed by atoms with van der Waals surface area (Å²) < 4.78 is 20.3. The summed E-state index contributed by atoms with van der Waals surface area (Å²) >= 11 is 0. The lowest BCUT2D eigenvalue weighted by molar-refractivity contribution is 0.0681. The van der Waals surface area contributed by atoms with E-state index in [0.29, 0.717) is 43.3 Å². The summed E-state index contributed by atoms with van der Waals surface area (Å²) in [6, 6.07) is 15.9. The van der Waals surface area contributed by atoms with Crippen LogP contribution in [0.3, 0.4) is 0 Å². The van der Waals surface area contributed by atoms with Crippen LogP contribution in [0.25, 0.3) is 22.0 Å². The Labute approximate surface area is 233 Å². The number of piperidine rings is 1. The van der Waals surface area contributed by atoms with Gasteiger partial charge in [-0.2, -0.15) is 5.10 Å². The fourth-order valence-corrected chi connectivity index (χ4v) is 5.50. The first-order valence-corrected chi connectivity index (χ1v) is 13.7. The third kappa shape index (κ3) is 5.92. The SMILES string of the molecule is COCCNC(=O)c1ccc2nn(CC3CCN(C(=O)c4ccc(-c5ccc(F)cc5)c(C)c4)CC3)cc2c1C. The molecule has 2 amide bonds. The summed E-state index contributed by atoms with van der Waals surface area (Å²) in [5, 5.41) is 8.62. The molecule has 40 heavy (non-hydrogen) atoms. The number of carbonyl (C=O) groups is 2. The number of amides is 2.